The SMILES string of the molecule is CCCCCN(C)C(=S)n1ccnc1. The van der Waals surface area contributed by atoms with Gasteiger partial charge in [-0.25, -0.2) is 4.98 Å². The van der Waals surface area contributed by atoms with Gasteiger partial charge in [-0.05, 0) is 18.6 Å². The van der Waals surface area contributed by atoms with E-state index >= 15 is 0 Å². The van der Waals surface area contributed by atoms with E-state index in [1.807, 2.05) is 17.8 Å². The van der Waals surface area contributed by atoms with Crippen LogP contribution in [0.15, 0.2) is 18.7 Å². The first kappa shape index (κ1) is 11.2. The summed E-state index contributed by atoms with van der Waals surface area (Å²) in [5.74, 6) is 0. The van der Waals surface area contributed by atoms with Crippen LogP contribution in [0.5, 0.6) is 0 Å². The zero-order chi connectivity index (χ0) is 10.4. The van der Waals surface area contributed by atoms with E-state index in [-0.39, 0.29) is 0 Å². The molecule has 0 atom stereocenters. The zero-order valence-corrected chi connectivity index (χ0v) is 9.63. The first-order chi connectivity index (χ1) is 6.75. The van der Waals surface area contributed by atoms with E-state index in [0.29, 0.717) is 0 Å². The molecule has 1 heterocycles. The summed E-state index contributed by atoms with van der Waals surface area (Å²) in [4.78, 5) is 6.06. The fraction of sp³-hybridized carbons (Fsp3) is 0.600. The minimum atomic E-state index is 0.818. The fourth-order valence-corrected chi connectivity index (χ4v) is 1.46. The predicted octanol–water partition coefficient (Wildman–Crippen LogP) is 2.14. The molecule has 78 valence electrons. The molecule has 0 saturated carbocycles. The van der Waals surface area contributed by atoms with Crippen LogP contribution in [0.1, 0.15) is 26.2 Å². The minimum absolute atomic E-state index is 0.818. The van der Waals surface area contributed by atoms with Crippen molar-refractivity contribution in [3.05, 3.63) is 18.7 Å². The van der Waals surface area contributed by atoms with Crippen LogP contribution >= 0.6 is 12.2 Å². The molecule has 0 radical (unpaired) electrons. The topological polar surface area (TPSA) is 21.1 Å². The third-order valence-electron chi connectivity index (χ3n) is 2.15. The van der Waals surface area contributed by atoms with E-state index in [2.05, 4.69) is 16.8 Å². The van der Waals surface area contributed by atoms with E-state index in [0.717, 1.165) is 11.7 Å². The minimum Gasteiger partial charge on any atom is -0.352 e. The van der Waals surface area contributed by atoms with Gasteiger partial charge in [0.1, 0.15) is 6.33 Å². The number of hydrogen-bond donors (Lipinski definition) is 0. The average molecular weight is 211 g/mol. The highest BCUT2D eigenvalue weighted by Gasteiger charge is 2.04. The molecule has 0 aliphatic rings. The van der Waals surface area contributed by atoms with Crippen molar-refractivity contribution in [1.82, 2.24) is 14.5 Å². The maximum absolute atomic E-state index is 5.30. The van der Waals surface area contributed by atoms with Crippen LogP contribution in [-0.2, 0) is 0 Å². The molecular formula is C10H17N3S. The van der Waals surface area contributed by atoms with Gasteiger partial charge in [0.2, 0.25) is 0 Å². The molecule has 14 heavy (non-hydrogen) atoms. The fourth-order valence-electron chi connectivity index (χ4n) is 1.26. The second kappa shape index (κ2) is 5.75. The monoisotopic (exact) mass is 211 g/mol. The highest BCUT2D eigenvalue weighted by molar-refractivity contribution is 7.80. The Bertz CT molecular complexity index is 269. The Morgan fingerprint density at radius 3 is 2.86 bits per heavy atom. The lowest BCUT2D eigenvalue weighted by molar-refractivity contribution is 0.471. The van der Waals surface area contributed by atoms with Gasteiger partial charge in [-0.1, -0.05) is 19.8 Å². The Labute approximate surface area is 90.7 Å². The molecule has 0 aliphatic heterocycles. The van der Waals surface area contributed by atoms with E-state index < -0.39 is 0 Å². The number of nitrogens with zero attached hydrogens (tertiary/aromatic N) is 3. The Morgan fingerprint density at radius 1 is 1.50 bits per heavy atom. The van der Waals surface area contributed by atoms with Crippen molar-refractivity contribution in [2.24, 2.45) is 0 Å². The Morgan fingerprint density at radius 2 is 2.29 bits per heavy atom. The second-order valence-electron chi connectivity index (χ2n) is 3.38. The molecule has 0 N–H and O–H groups in total. The standard InChI is InChI=1S/C10H17N3S/c1-3-4-5-7-12(2)10(14)13-8-6-11-9-13/h6,8-9H,3-5,7H2,1-2H3. The largest absolute Gasteiger partial charge is 0.352 e. The van der Waals surface area contributed by atoms with Crippen molar-refractivity contribution in [2.45, 2.75) is 26.2 Å². The van der Waals surface area contributed by atoms with Crippen LogP contribution < -0.4 is 0 Å². The Kier molecular flexibility index (Phi) is 4.59. The van der Waals surface area contributed by atoms with Crippen molar-refractivity contribution in [3.8, 4) is 0 Å². The maximum atomic E-state index is 5.30. The molecule has 3 nitrogen and oxygen atoms in total. The normalized spacial score (nSPS) is 10.1. The van der Waals surface area contributed by atoms with Gasteiger partial charge in [0, 0.05) is 26.0 Å². The lowest BCUT2D eigenvalue weighted by atomic mass is 10.2. The van der Waals surface area contributed by atoms with Gasteiger partial charge >= 0.3 is 0 Å². The molecule has 1 rings (SSSR count). The van der Waals surface area contributed by atoms with Crippen LogP contribution in [0.3, 0.4) is 0 Å². The van der Waals surface area contributed by atoms with Crippen molar-refractivity contribution in [3.63, 3.8) is 0 Å². The number of unbranched alkanes of at least 4 members (excludes halogenated alkanes) is 2. The number of thiocarbonyl (C=S) groups is 1. The highest BCUT2D eigenvalue weighted by Crippen LogP contribution is 1.99. The van der Waals surface area contributed by atoms with Gasteiger partial charge in [0.05, 0.1) is 0 Å². The molecule has 4 heteroatoms. The summed E-state index contributed by atoms with van der Waals surface area (Å²) in [5.41, 5.74) is 0. The molecule has 0 bridgehead atoms. The van der Waals surface area contributed by atoms with E-state index in [1.165, 1.54) is 19.3 Å². The predicted molar refractivity (Wildman–Crippen MR) is 62.4 cm³/mol. The first-order valence-corrected chi connectivity index (χ1v) is 5.40. The van der Waals surface area contributed by atoms with E-state index in [1.54, 1.807) is 12.5 Å². The number of aromatic nitrogens is 2. The summed E-state index contributed by atoms with van der Waals surface area (Å²) in [7, 11) is 2.03. The highest BCUT2D eigenvalue weighted by atomic mass is 32.1. The van der Waals surface area contributed by atoms with Crippen molar-refractivity contribution >= 4 is 17.3 Å². The van der Waals surface area contributed by atoms with E-state index in [9.17, 15) is 0 Å². The van der Waals surface area contributed by atoms with Crippen LogP contribution in [0.2, 0.25) is 0 Å². The smallest absolute Gasteiger partial charge is 0.180 e. The molecule has 0 amide bonds. The van der Waals surface area contributed by atoms with Crippen LogP contribution in [-0.4, -0.2) is 33.2 Å². The number of hydrogen-bond acceptors (Lipinski definition) is 2. The molecular weight excluding hydrogens is 194 g/mol. The zero-order valence-electron chi connectivity index (χ0n) is 8.81. The second-order valence-corrected chi connectivity index (χ2v) is 3.75. The molecule has 0 aromatic carbocycles. The Hall–Kier alpha value is -0.900. The van der Waals surface area contributed by atoms with Crippen LogP contribution in [0.4, 0.5) is 0 Å². The molecule has 0 saturated heterocycles. The Balaban J connectivity index is 2.37. The van der Waals surface area contributed by atoms with Gasteiger partial charge < -0.3 is 4.90 Å². The van der Waals surface area contributed by atoms with Gasteiger partial charge in [-0.3, -0.25) is 4.57 Å². The van der Waals surface area contributed by atoms with Gasteiger partial charge in [0.15, 0.2) is 5.11 Å². The molecule has 0 unspecified atom stereocenters. The summed E-state index contributed by atoms with van der Waals surface area (Å²) in [6.45, 7) is 3.22. The molecule has 0 aliphatic carbocycles. The summed E-state index contributed by atoms with van der Waals surface area (Å²) in [5, 5.41) is 0.818. The van der Waals surface area contributed by atoms with E-state index in [4.69, 9.17) is 12.2 Å². The quantitative estimate of drug-likeness (QED) is 0.562. The summed E-state index contributed by atoms with van der Waals surface area (Å²) >= 11 is 5.30. The van der Waals surface area contributed by atoms with Gasteiger partial charge in [0.25, 0.3) is 0 Å². The summed E-state index contributed by atoms with van der Waals surface area (Å²) < 4.78 is 1.86. The van der Waals surface area contributed by atoms with Gasteiger partial charge in [-0.2, -0.15) is 0 Å². The lowest BCUT2D eigenvalue weighted by Crippen LogP contribution is -2.30. The van der Waals surface area contributed by atoms with Crippen molar-refractivity contribution in [2.75, 3.05) is 13.6 Å². The van der Waals surface area contributed by atoms with Crippen LogP contribution in [0, 0.1) is 0 Å². The maximum Gasteiger partial charge on any atom is 0.180 e. The average Bonchev–Trinajstić information content (AvgIpc) is 2.69. The van der Waals surface area contributed by atoms with Crippen molar-refractivity contribution in [1.29, 1.82) is 0 Å². The number of imidazole rings is 1. The molecule has 0 spiro atoms. The molecule has 1 aromatic heterocycles. The summed E-state index contributed by atoms with van der Waals surface area (Å²) in [6, 6.07) is 0. The third-order valence-corrected chi connectivity index (χ3v) is 2.67. The van der Waals surface area contributed by atoms with Crippen molar-refractivity contribution < 1.29 is 0 Å². The first-order valence-electron chi connectivity index (χ1n) is 4.99. The third kappa shape index (κ3) is 3.10. The number of rotatable bonds is 4. The van der Waals surface area contributed by atoms with Crippen LogP contribution in [0.25, 0.3) is 0 Å². The molecule has 0 fully saturated rings. The van der Waals surface area contributed by atoms with Gasteiger partial charge in [-0.15, -0.1) is 0 Å². The molecule has 1 aromatic rings. The summed E-state index contributed by atoms with van der Waals surface area (Å²) in [6.07, 6.45) is 9.05. The lowest BCUT2D eigenvalue weighted by Gasteiger charge is -2.19.